The molecule has 148 valence electrons. The highest BCUT2D eigenvalue weighted by Crippen LogP contribution is 2.33. The van der Waals surface area contributed by atoms with Gasteiger partial charge in [-0.05, 0) is 44.2 Å². The Balaban J connectivity index is 1.18. The lowest BCUT2D eigenvalue weighted by molar-refractivity contribution is -0.134. The van der Waals surface area contributed by atoms with Crippen molar-refractivity contribution in [1.82, 2.24) is 14.8 Å². The number of para-hydroxylation sites is 1. The highest BCUT2D eigenvalue weighted by molar-refractivity contribution is 5.81. The second-order valence-corrected chi connectivity index (χ2v) is 8.81. The largest absolute Gasteiger partial charge is 0.391 e. The molecule has 1 aliphatic carbocycles. The summed E-state index contributed by atoms with van der Waals surface area (Å²) in [4.78, 5) is 21.6. The highest BCUT2D eigenvalue weighted by atomic mass is 16.3. The summed E-state index contributed by atoms with van der Waals surface area (Å²) in [5.74, 6) is 0.934. The van der Waals surface area contributed by atoms with Crippen LogP contribution < -0.4 is 0 Å². The number of carbonyl (C=O) groups is 1. The number of amides is 1. The maximum Gasteiger partial charge on any atom is 0.225 e. The molecule has 1 aromatic heterocycles. The molecule has 1 aromatic carbocycles. The fourth-order valence-corrected chi connectivity index (χ4v) is 4.92. The van der Waals surface area contributed by atoms with Crippen LogP contribution in [-0.2, 0) is 11.2 Å². The molecular formula is C23H29N3O2. The van der Waals surface area contributed by atoms with Crippen molar-refractivity contribution in [2.75, 3.05) is 26.2 Å². The van der Waals surface area contributed by atoms with Crippen molar-refractivity contribution in [1.29, 1.82) is 0 Å². The summed E-state index contributed by atoms with van der Waals surface area (Å²) < 4.78 is 0. The molecule has 3 fully saturated rings. The van der Waals surface area contributed by atoms with Gasteiger partial charge in [0.05, 0.1) is 11.6 Å². The lowest BCUT2D eigenvalue weighted by Crippen LogP contribution is -2.46. The third-order valence-corrected chi connectivity index (χ3v) is 6.78. The fraction of sp³-hybridized carbons (Fsp3) is 0.565. The van der Waals surface area contributed by atoms with E-state index in [4.69, 9.17) is 4.98 Å². The number of hydrogen-bond acceptors (Lipinski definition) is 4. The van der Waals surface area contributed by atoms with E-state index in [2.05, 4.69) is 28.0 Å². The topological polar surface area (TPSA) is 56.7 Å². The van der Waals surface area contributed by atoms with Gasteiger partial charge in [0.15, 0.2) is 0 Å². The van der Waals surface area contributed by atoms with Crippen molar-refractivity contribution in [2.45, 2.75) is 44.2 Å². The van der Waals surface area contributed by atoms with Gasteiger partial charge in [-0.15, -0.1) is 0 Å². The summed E-state index contributed by atoms with van der Waals surface area (Å²) >= 11 is 0. The number of β-amino-alcohol motifs (C(OH)–C–C–N with tert-alkyl or cyclic N) is 1. The fourth-order valence-electron chi connectivity index (χ4n) is 4.92. The molecule has 0 bridgehead atoms. The SMILES string of the molecule is O=C(C1CC1)N1CCC(N2CC(O)C(Cc3ccc4ccccc4n3)C2)CC1. The number of carbonyl (C=O) groups excluding carboxylic acids is 1. The molecule has 5 rings (SSSR count). The van der Waals surface area contributed by atoms with Crippen molar-refractivity contribution in [2.24, 2.45) is 11.8 Å². The summed E-state index contributed by atoms with van der Waals surface area (Å²) in [5, 5.41) is 11.8. The van der Waals surface area contributed by atoms with Gasteiger partial charge in [-0.2, -0.15) is 0 Å². The maximum atomic E-state index is 12.3. The van der Waals surface area contributed by atoms with Crippen molar-refractivity contribution >= 4 is 16.8 Å². The first-order chi connectivity index (χ1) is 13.7. The monoisotopic (exact) mass is 379 g/mol. The van der Waals surface area contributed by atoms with E-state index in [9.17, 15) is 9.90 Å². The second kappa shape index (κ2) is 7.45. The molecule has 28 heavy (non-hydrogen) atoms. The number of aromatic nitrogens is 1. The van der Waals surface area contributed by atoms with Crippen molar-refractivity contribution in [3.8, 4) is 0 Å². The minimum Gasteiger partial charge on any atom is -0.391 e. The van der Waals surface area contributed by atoms with Crippen LogP contribution in [0.3, 0.4) is 0 Å². The molecule has 2 aliphatic heterocycles. The normalized spacial score (nSPS) is 26.8. The average Bonchev–Trinajstić information content (AvgIpc) is 3.52. The van der Waals surface area contributed by atoms with Crippen LogP contribution in [-0.4, -0.2) is 64.1 Å². The standard InChI is InChI=1S/C23H29N3O2/c27-22-15-26(20-9-11-25(12-10-20)23(28)17-5-6-17)14-18(22)13-19-8-7-16-3-1-2-4-21(16)24-19/h1-4,7-8,17-18,20,22,27H,5-6,9-15H2. The van der Waals surface area contributed by atoms with E-state index in [1.54, 1.807) is 0 Å². The van der Waals surface area contributed by atoms with E-state index >= 15 is 0 Å². The smallest absolute Gasteiger partial charge is 0.225 e. The van der Waals surface area contributed by atoms with Gasteiger partial charge in [-0.3, -0.25) is 14.7 Å². The number of likely N-dealkylation sites (tertiary alicyclic amines) is 2. The average molecular weight is 380 g/mol. The Morgan fingerprint density at radius 2 is 1.82 bits per heavy atom. The molecule has 3 aliphatic rings. The predicted octanol–water partition coefficient (Wildman–Crippen LogP) is 2.47. The van der Waals surface area contributed by atoms with E-state index in [1.165, 1.54) is 0 Å². The number of nitrogens with zero attached hydrogens (tertiary/aromatic N) is 3. The Labute approximate surface area is 166 Å². The zero-order valence-corrected chi connectivity index (χ0v) is 16.3. The van der Waals surface area contributed by atoms with Crippen LogP contribution in [0.15, 0.2) is 36.4 Å². The Morgan fingerprint density at radius 1 is 1.04 bits per heavy atom. The number of piperidine rings is 1. The van der Waals surface area contributed by atoms with E-state index < -0.39 is 0 Å². The molecule has 2 aromatic rings. The van der Waals surface area contributed by atoms with E-state index in [1.807, 2.05) is 18.2 Å². The van der Waals surface area contributed by atoms with Crippen LogP contribution in [0, 0.1) is 11.8 Å². The lowest BCUT2D eigenvalue weighted by atomic mass is 9.99. The molecule has 0 radical (unpaired) electrons. The summed E-state index contributed by atoms with van der Waals surface area (Å²) in [5.41, 5.74) is 2.09. The van der Waals surface area contributed by atoms with E-state index in [0.29, 0.717) is 17.9 Å². The quantitative estimate of drug-likeness (QED) is 0.887. The summed E-state index contributed by atoms with van der Waals surface area (Å²) in [6, 6.07) is 12.9. The summed E-state index contributed by atoms with van der Waals surface area (Å²) in [7, 11) is 0. The zero-order chi connectivity index (χ0) is 19.1. The molecule has 3 heterocycles. The van der Waals surface area contributed by atoms with Crippen molar-refractivity contribution < 1.29 is 9.90 Å². The maximum absolute atomic E-state index is 12.3. The zero-order valence-electron chi connectivity index (χ0n) is 16.3. The van der Waals surface area contributed by atoms with Crippen LogP contribution in [0.4, 0.5) is 0 Å². The van der Waals surface area contributed by atoms with E-state index in [0.717, 1.165) is 74.9 Å². The Bertz CT molecular complexity index is 858. The first-order valence-electron chi connectivity index (χ1n) is 10.7. The van der Waals surface area contributed by atoms with Gasteiger partial charge in [0.25, 0.3) is 0 Å². The minimum absolute atomic E-state index is 0.236. The van der Waals surface area contributed by atoms with Gasteiger partial charge in [-0.1, -0.05) is 24.3 Å². The van der Waals surface area contributed by atoms with Gasteiger partial charge in [0.2, 0.25) is 5.91 Å². The van der Waals surface area contributed by atoms with Gasteiger partial charge < -0.3 is 10.0 Å². The molecule has 2 saturated heterocycles. The number of fused-ring (bicyclic) bond motifs is 1. The molecule has 5 nitrogen and oxygen atoms in total. The van der Waals surface area contributed by atoms with E-state index in [-0.39, 0.29) is 12.0 Å². The summed E-state index contributed by atoms with van der Waals surface area (Å²) in [6.45, 7) is 3.43. The van der Waals surface area contributed by atoms with Crippen LogP contribution >= 0.6 is 0 Å². The first-order valence-corrected chi connectivity index (χ1v) is 10.7. The van der Waals surface area contributed by atoms with Crippen molar-refractivity contribution in [3.63, 3.8) is 0 Å². The number of benzene rings is 1. The number of pyridine rings is 1. The van der Waals surface area contributed by atoms with Gasteiger partial charge in [-0.25, -0.2) is 0 Å². The number of aliphatic hydroxyl groups excluding tert-OH is 1. The Hall–Kier alpha value is -1.98. The van der Waals surface area contributed by atoms with Gasteiger partial charge >= 0.3 is 0 Å². The predicted molar refractivity (Wildman–Crippen MR) is 109 cm³/mol. The summed E-state index contributed by atoms with van der Waals surface area (Å²) in [6.07, 6.45) is 4.77. The number of rotatable bonds is 4. The van der Waals surface area contributed by atoms with Gasteiger partial charge in [0, 0.05) is 55.1 Å². The lowest BCUT2D eigenvalue weighted by Gasteiger charge is -2.37. The number of hydrogen-bond donors (Lipinski definition) is 1. The van der Waals surface area contributed by atoms with Crippen molar-refractivity contribution in [3.05, 3.63) is 42.1 Å². The van der Waals surface area contributed by atoms with Crippen LogP contribution in [0.1, 0.15) is 31.4 Å². The minimum atomic E-state index is -0.292. The molecule has 2 atom stereocenters. The first kappa shape index (κ1) is 18.1. The van der Waals surface area contributed by atoms with Gasteiger partial charge in [0.1, 0.15) is 0 Å². The molecule has 0 spiro atoms. The van der Waals surface area contributed by atoms with Crippen LogP contribution in [0.2, 0.25) is 0 Å². The second-order valence-electron chi connectivity index (χ2n) is 8.81. The molecular weight excluding hydrogens is 350 g/mol. The molecule has 5 heteroatoms. The highest BCUT2D eigenvalue weighted by Gasteiger charge is 2.39. The Morgan fingerprint density at radius 3 is 2.61 bits per heavy atom. The third kappa shape index (κ3) is 3.65. The molecule has 1 amide bonds. The van der Waals surface area contributed by atoms with Crippen LogP contribution in [0.5, 0.6) is 0 Å². The Kier molecular flexibility index (Phi) is 4.81. The number of aliphatic hydroxyl groups is 1. The molecule has 1 N–H and O–H groups in total. The third-order valence-electron chi connectivity index (χ3n) is 6.78. The molecule has 2 unspecified atom stereocenters. The van der Waals surface area contributed by atoms with Crippen LogP contribution in [0.25, 0.3) is 10.9 Å². The molecule has 1 saturated carbocycles.